The van der Waals surface area contributed by atoms with Gasteiger partial charge < -0.3 is 15.0 Å². The van der Waals surface area contributed by atoms with Crippen LogP contribution in [0.15, 0.2) is 48.5 Å². The summed E-state index contributed by atoms with van der Waals surface area (Å²) in [5.74, 6) is 0.710. The van der Waals surface area contributed by atoms with Gasteiger partial charge in [-0.05, 0) is 37.3 Å². The third-order valence-corrected chi connectivity index (χ3v) is 4.43. The molecular weight excluding hydrogens is 316 g/mol. The fourth-order valence-electron chi connectivity index (χ4n) is 3.00. The van der Waals surface area contributed by atoms with Crippen molar-refractivity contribution in [2.45, 2.75) is 13.3 Å². The molecule has 2 aromatic rings. The van der Waals surface area contributed by atoms with Crippen molar-refractivity contribution in [3.05, 3.63) is 59.7 Å². The van der Waals surface area contributed by atoms with Crippen molar-refractivity contribution in [3.8, 4) is 5.75 Å². The lowest BCUT2D eigenvalue weighted by atomic mass is 10.1. The minimum Gasteiger partial charge on any atom is -0.497 e. The van der Waals surface area contributed by atoms with Gasteiger partial charge in [0.25, 0.3) is 5.91 Å². The molecule has 0 saturated carbocycles. The number of methoxy groups -OCH3 is 1. The van der Waals surface area contributed by atoms with Crippen molar-refractivity contribution in [1.29, 1.82) is 0 Å². The Morgan fingerprint density at radius 1 is 1.24 bits per heavy atom. The lowest BCUT2D eigenvalue weighted by Crippen LogP contribution is -2.31. The van der Waals surface area contributed by atoms with Crippen LogP contribution in [0.25, 0.3) is 0 Å². The van der Waals surface area contributed by atoms with Crippen molar-refractivity contribution in [3.63, 3.8) is 0 Å². The Kier molecular flexibility index (Phi) is 5.03. The predicted octanol–water partition coefficient (Wildman–Crippen LogP) is 2.79. The van der Waals surface area contributed by atoms with Crippen LogP contribution < -0.4 is 15.0 Å². The normalized spacial score (nSPS) is 16.8. The van der Waals surface area contributed by atoms with Crippen molar-refractivity contribution >= 4 is 17.5 Å². The molecule has 1 aliphatic heterocycles. The highest BCUT2D eigenvalue weighted by molar-refractivity contribution is 5.96. The number of anilines is 1. The van der Waals surface area contributed by atoms with Crippen LogP contribution in [0.5, 0.6) is 5.75 Å². The Morgan fingerprint density at radius 3 is 2.72 bits per heavy atom. The zero-order valence-corrected chi connectivity index (χ0v) is 14.5. The van der Waals surface area contributed by atoms with E-state index >= 15 is 0 Å². The molecule has 1 heterocycles. The quantitative estimate of drug-likeness (QED) is 0.912. The van der Waals surface area contributed by atoms with E-state index < -0.39 is 0 Å². The third-order valence-electron chi connectivity index (χ3n) is 4.43. The van der Waals surface area contributed by atoms with Crippen LogP contribution in [0.2, 0.25) is 0 Å². The molecule has 0 bridgehead atoms. The van der Waals surface area contributed by atoms with Crippen LogP contribution in [0.1, 0.15) is 22.3 Å². The first kappa shape index (κ1) is 17.0. The van der Waals surface area contributed by atoms with E-state index in [4.69, 9.17) is 4.74 Å². The number of rotatable bonds is 5. The lowest BCUT2D eigenvalue weighted by Gasteiger charge is -2.17. The minimum absolute atomic E-state index is 0.101. The standard InChI is InChI=1S/C20H22N2O3/c1-14-6-8-17(9-7-14)22-13-15(10-19(22)23)12-21-20(24)16-4-3-5-18(11-16)25-2/h3-9,11,15H,10,12-13H2,1-2H3,(H,21,24). The van der Waals surface area contributed by atoms with Gasteiger partial charge in [0.1, 0.15) is 5.75 Å². The Bertz CT molecular complexity index is 771. The molecule has 0 aliphatic carbocycles. The Morgan fingerprint density at radius 2 is 2.00 bits per heavy atom. The van der Waals surface area contributed by atoms with Crippen molar-refractivity contribution in [2.24, 2.45) is 5.92 Å². The van der Waals surface area contributed by atoms with E-state index in [1.807, 2.05) is 31.2 Å². The summed E-state index contributed by atoms with van der Waals surface area (Å²) < 4.78 is 5.14. The van der Waals surface area contributed by atoms with Crippen LogP contribution in [0.4, 0.5) is 5.69 Å². The predicted molar refractivity (Wildman–Crippen MR) is 97.0 cm³/mol. The van der Waals surface area contributed by atoms with Crippen LogP contribution in [0, 0.1) is 12.8 Å². The molecule has 1 unspecified atom stereocenters. The molecule has 1 saturated heterocycles. The van der Waals surface area contributed by atoms with Gasteiger partial charge in [0.05, 0.1) is 7.11 Å². The van der Waals surface area contributed by atoms with Gasteiger partial charge in [0.2, 0.25) is 5.91 Å². The van der Waals surface area contributed by atoms with E-state index in [1.165, 1.54) is 0 Å². The van der Waals surface area contributed by atoms with E-state index in [0.29, 0.717) is 30.8 Å². The maximum absolute atomic E-state index is 12.3. The highest BCUT2D eigenvalue weighted by Crippen LogP contribution is 2.25. The molecule has 1 N–H and O–H groups in total. The van der Waals surface area contributed by atoms with Crippen LogP contribution in [-0.2, 0) is 4.79 Å². The van der Waals surface area contributed by atoms with Crippen LogP contribution in [0.3, 0.4) is 0 Å². The van der Waals surface area contributed by atoms with Gasteiger partial charge in [0.15, 0.2) is 0 Å². The van der Waals surface area contributed by atoms with Crippen LogP contribution in [-0.4, -0.2) is 32.0 Å². The summed E-state index contributed by atoms with van der Waals surface area (Å²) in [5.41, 5.74) is 2.63. The zero-order valence-electron chi connectivity index (χ0n) is 14.5. The summed E-state index contributed by atoms with van der Waals surface area (Å²) in [6, 6.07) is 15.0. The average Bonchev–Trinajstić information content (AvgIpc) is 3.01. The molecule has 130 valence electrons. The van der Waals surface area contributed by atoms with Crippen molar-refractivity contribution in [2.75, 3.05) is 25.1 Å². The molecule has 0 aromatic heterocycles. The zero-order chi connectivity index (χ0) is 17.8. The number of carbonyl (C=O) groups is 2. The summed E-state index contributed by atoms with van der Waals surface area (Å²) in [6.07, 6.45) is 0.451. The van der Waals surface area contributed by atoms with Gasteiger partial charge in [-0.15, -0.1) is 0 Å². The Labute approximate surface area is 147 Å². The molecule has 1 atom stereocenters. The molecule has 3 rings (SSSR count). The smallest absolute Gasteiger partial charge is 0.251 e. The lowest BCUT2D eigenvalue weighted by molar-refractivity contribution is -0.117. The number of ether oxygens (including phenoxy) is 1. The molecular formula is C20H22N2O3. The first-order chi connectivity index (χ1) is 12.1. The SMILES string of the molecule is COc1cccc(C(=O)NCC2CC(=O)N(c3ccc(C)cc3)C2)c1. The Hall–Kier alpha value is -2.82. The second-order valence-corrected chi connectivity index (χ2v) is 6.35. The summed E-state index contributed by atoms with van der Waals surface area (Å²) in [7, 11) is 1.57. The molecule has 5 nitrogen and oxygen atoms in total. The number of aryl methyl sites for hydroxylation is 1. The average molecular weight is 338 g/mol. The van der Waals surface area contributed by atoms with Crippen LogP contribution >= 0.6 is 0 Å². The van der Waals surface area contributed by atoms with Crippen molar-refractivity contribution in [1.82, 2.24) is 5.32 Å². The fourth-order valence-corrected chi connectivity index (χ4v) is 3.00. The number of nitrogens with zero attached hydrogens (tertiary/aromatic N) is 1. The summed E-state index contributed by atoms with van der Waals surface area (Å²) in [6.45, 7) is 3.12. The molecule has 2 aromatic carbocycles. The largest absolute Gasteiger partial charge is 0.497 e. The molecule has 0 spiro atoms. The molecule has 5 heteroatoms. The number of carbonyl (C=O) groups excluding carboxylic acids is 2. The van der Waals surface area contributed by atoms with Gasteiger partial charge in [-0.1, -0.05) is 23.8 Å². The Balaban J connectivity index is 1.58. The van der Waals surface area contributed by atoms with Gasteiger partial charge in [-0.3, -0.25) is 9.59 Å². The van der Waals surface area contributed by atoms with E-state index in [0.717, 1.165) is 11.3 Å². The van der Waals surface area contributed by atoms with Gasteiger partial charge in [0, 0.05) is 36.7 Å². The van der Waals surface area contributed by atoms with E-state index in [1.54, 1.807) is 36.3 Å². The minimum atomic E-state index is -0.153. The second-order valence-electron chi connectivity index (χ2n) is 6.35. The first-order valence-electron chi connectivity index (χ1n) is 8.36. The van der Waals surface area contributed by atoms with E-state index in [9.17, 15) is 9.59 Å². The van der Waals surface area contributed by atoms with Crippen molar-refractivity contribution < 1.29 is 14.3 Å². The summed E-state index contributed by atoms with van der Waals surface area (Å²) in [5, 5.41) is 2.92. The van der Waals surface area contributed by atoms with Gasteiger partial charge in [-0.2, -0.15) is 0 Å². The maximum atomic E-state index is 12.3. The third kappa shape index (κ3) is 3.99. The number of amides is 2. The van der Waals surface area contributed by atoms with E-state index in [2.05, 4.69) is 5.32 Å². The van der Waals surface area contributed by atoms with E-state index in [-0.39, 0.29) is 17.7 Å². The fraction of sp³-hybridized carbons (Fsp3) is 0.300. The second kappa shape index (κ2) is 7.38. The number of hydrogen-bond donors (Lipinski definition) is 1. The number of hydrogen-bond acceptors (Lipinski definition) is 3. The van der Waals surface area contributed by atoms with Gasteiger partial charge >= 0.3 is 0 Å². The maximum Gasteiger partial charge on any atom is 0.251 e. The summed E-state index contributed by atoms with van der Waals surface area (Å²) in [4.78, 5) is 26.3. The molecule has 1 fully saturated rings. The highest BCUT2D eigenvalue weighted by atomic mass is 16.5. The topological polar surface area (TPSA) is 58.6 Å². The monoisotopic (exact) mass is 338 g/mol. The first-order valence-corrected chi connectivity index (χ1v) is 8.36. The molecule has 25 heavy (non-hydrogen) atoms. The summed E-state index contributed by atoms with van der Waals surface area (Å²) >= 11 is 0. The molecule has 0 radical (unpaired) electrons. The number of benzene rings is 2. The highest BCUT2D eigenvalue weighted by Gasteiger charge is 2.30. The number of nitrogens with one attached hydrogen (secondary N) is 1. The molecule has 1 aliphatic rings. The molecule has 2 amide bonds. The van der Waals surface area contributed by atoms with Gasteiger partial charge in [-0.25, -0.2) is 0 Å².